The number of amides is 1. The zero-order valence-electron chi connectivity index (χ0n) is 10.1. The maximum atomic E-state index is 12.0. The van der Waals surface area contributed by atoms with E-state index in [4.69, 9.17) is 5.11 Å². The summed E-state index contributed by atoms with van der Waals surface area (Å²) in [6, 6.07) is 1.30. The van der Waals surface area contributed by atoms with Gasteiger partial charge in [-0.1, -0.05) is 0 Å². The molecule has 0 aliphatic rings. The van der Waals surface area contributed by atoms with Crippen LogP contribution in [0.2, 0.25) is 0 Å². The van der Waals surface area contributed by atoms with Crippen LogP contribution < -0.4 is 5.32 Å². The summed E-state index contributed by atoms with van der Waals surface area (Å²) in [5, 5.41) is 10.6. The van der Waals surface area contributed by atoms with Crippen molar-refractivity contribution in [2.45, 2.75) is 12.6 Å². The summed E-state index contributed by atoms with van der Waals surface area (Å²) in [5.74, 6) is -1.93. The van der Waals surface area contributed by atoms with Crippen molar-refractivity contribution in [2.75, 3.05) is 6.54 Å². The van der Waals surface area contributed by atoms with Gasteiger partial charge in [0.2, 0.25) is 0 Å². The van der Waals surface area contributed by atoms with Crippen LogP contribution in [0.3, 0.4) is 0 Å². The van der Waals surface area contributed by atoms with Crippen LogP contribution in [0.25, 0.3) is 6.08 Å². The minimum absolute atomic E-state index is 0.0553. The predicted molar refractivity (Wildman–Crippen MR) is 63.9 cm³/mol. The molecule has 1 amide bonds. The highest BCUT2D eigenvalue weighted by atomic mass is 19.4. The molecule has 20 heavy (non-hydrogen) atoms. The van der Waals surface area contributed by atoms with E-state index in [0.29, 0.717) is 0 Å². The molecule has 0 saturated carbocycles. The van der Waals surface area contributed by atoms with Crippen LogP contribution in [0.1, 0.15) is 22.3 Å². The zero-order chi connectivity index (χ0) is 15.2. The van der Waals surface area contributed by atoms with Crippen LogP contribution in [-0.2, 0) is 4.79 Å². The summed E-state index contributed by atoms with van der Waals surface area (Å²) in [6.07, 6.45) is -0.992. The fraction of sp³-hybridized carbons (Fsp3) is 0.250. The fourth-order valence-corrected chi connectivity index (χ4v) is 1.32. The Kier molecular flexibility index (Phi) is 5.24. The smallest absolute Gasteiger partial charge is 0.390 e. The van der Waals surface area contributed by atoms with Crippen LogP contribution in [0.5, 0.6) is 0 Å². The Labute approximate surface area is 112 Å². The molecule has 1 heterocycles. The van der Waals surface area contributed by atoms with Gasteiger partial charge in [0.1, 0.15) is 0 Å². The van der Waals surface area contributed by atoms with Crippen LogP contribution in [-0.4, -0.2) is 34.7 Å². The summed E-state index contributed by atoms with van der Waals surface area (Å²) in [5.41, 5.74) is 0.263. The SMILES string of the molecule is O=C(O)C=Cc1cnccc1C(=O)NCCC(F)(F)F. The highest BCUT2D eigenvalue weighted by Gasteiger charge is 2.26. The number of hydrogen-bond acceptors (Lipinski definition) is 3. The van der Waals surface area contributed by atoms with Gasteiger partial charge in [-0.25, -0.2) is 4.79 Å². The Balaban J connectivity index is 2.75. The maximum Gasteiger partial charge on any atom is 0.390 e. The van der Waals surface area contributed by atoms with E-state index in [9.17, 15) is 22.8 Å². The van der Waals surface area contributed by atoms with Gasteiger partial charge in [0, 0.05) is 36.1 Å². The fourth-order valence-electron chi connectivity index (χ4n) is 1.32. The molecule has 0 spiro atoms. The van der Waals surface area contributed by atoms with Crippen LogP contribution in [0.15, 0.2) is 24.5 Å². The van der Waals surface area contributed by atoms with E-state index in [2.05, 4.69) is 10.3 Å². The number of hydrogen-bond donors (Lipinski definition) is 2. The highest BCUT2D eigenvalue weighted by Crippen LogP contribution is 2.18. The van der Waals surface area contributed by atoms with Gasteiger partial charge in [-0.3, -0.25) is 9.78 Å². The van der Waals surface area contributed by atoms with Gasteiger partial charge in [-0.05, 0) is 12.1 Å². The molecule has 0 aromatic carbocycles. The van der Waals surface area contributed by atoms with E-state index < -0.39 is 31.0 Å². The third-order valence-corrected chi connectivity index (χ3v) is 2.20. The second-order valence-electron chi connectivity index (χ2n) is 3.76. The normalized spacial score (nSPS) is 11.6. The molecule has 1 rings (SSSR count). The number of nitrogens with zero attached hydrogens (tertiary/aromatic N) is 1. The molecule has 0 radical (unpaired) electrons. The Hall–Kier alpha value is -2.38. The first-order chi connectivity index (χ1) is 9.29. The number of pyridine rings is 1. The van der Waals surface area contributed by atoms with Crippen molar-refractivity contribution in [1.82, 2.24) is 10.3 Å². The van der Waals surface area contributed by atoms with E-state index in [-0.39, 0.29) is 11.1 Å². The number of rotatable bonds is 5. The molecule has 0 unspecified atom stereocenters. The summed E-state index contributed by atoms with van der Waals surface area (Å²) >= 11 is 0. The first-order valence-corrected chi connectivity index (χ1v) is 5.49. The number of carboxylic acid groups (broad SMARTS) is 1. The Morgan fingerprint density at radius 1 is 1.40 bits per heavy atom. The molecule has 8 heteroatoms. The number of nitrogens with one attached hydrogen (secondary N) is 1. The van der Waals surface area contributed by atoms with E-state index in [1.165, 1.54) is 18.5 Å². The standard InChI is InChI=1S/C12H11F3N2O3/c13-12(14,15)4-6-17-11(20)9-3-5-16-7-8(9)1-2-10(18)19/h1-3,5,7H,4,6H2,(H,17,20)(H,18,19). The van der Waals surface area contributed by atoms with Gasteiger partial charge in [0.25, 0.3) is 5.91 Å². The van der Waals surface area contributed by atoms with Gasteiger partial charge in [-0.2, -0.15) is 13.2 Å². The number of carbonyl (C=O) groups excluding carboxylic acids is 1. The van der Waals surface area contributed by atoms with Crippen LogP contribution in [0.4, 0.5) is 13.2 Å². The van der Waals surface area contributed by atoms with Gasteiger partial charge in [0.15, 0.2) is 0 Å². The van der Waals surface area contributed by atoms with Gasteiger partial charge < -0.3 is 10.4 Å². The summed E-state index contributed by atoms with van der Waals surface area (Å²) in [6.45, 7) is -0.549. The second kappa shape index (κ2) is 6.69. The van der Waals surface area contributed by atoms with Crippen molar-refractivity contribution in [2.24, 2.45) is 0 Å². The molecule has 0 aliphatic heterocycles. The van der Waals surface area contributed by atoms with Gasteiger partial charge in [-0.15, -0.1) is 0 Å². The van der Waals surface area contributed by atoms with Crippen LogP contribution in [0, 0.1) is 0 Å². The third-order valence-electron chi connectivity index (χ3n) is 2.20. The molecular weight excluding hydrogens is 277 g/mol. The molecule has 108 valence electrons. The number of carbonyl (C=O) groups is 2. The third kappa shape index (κ3) is 5.51. The molecule has 0 atom stereocenters. The van der Waals surface area contributed by atoms with Crippen LogP contribution >= 0.6 is 0 Å². The molecule has 5 nitrogen and oxygen atoms in total. The molecule has 1 aromatic heterocycles. The average molecular weight is 288 g/mol. The topological polar surface area (TPSA) is 79.3 Å². The first kappa shape index (κ1) is 15.7. The van der Waals surface area contributed by atoms with Gasteiger partial charge >= 0.3 is 12.1 Å². The number of halogens is 3. The Morgan fingerprint density at radius 2 is 2.10 bits per heavy atom. The highest BCUT2D eigenvalue weighted by molar-refractivity contribution is 5.98. The van der Waals surface area contributed by atoms with Crippen molar-refractivity contribution in [1.29, 1.82) is 0 Å². The summed E-state index contributed by atoms with van der Waals surface area (Å²) in [7, 11) is 0. The van der Waals surface area contributed by atoms with Crippen molar-refractivity contribution < 1.29 is 27.9 Å². The van der Waals surface area contributed by atoms with E-state index in [1.807, 2.05) is 0 Å². The molecular formula is C12H11F3N2O3. The Morgan fingerprint density at radius 3 is 2.70 bits per heavy atom. The van der Waals surface area contributed by atoms with E-state index >= 15 is 0 Å². The molecule has 2 N–H and O–H groups in total. The lowest BCUT2D eigenvalue weighted by Gasteiger charge is -2.09. The lowest BCUT2D eigenvalue weighted by Crippen LogP contribution is -2.28. The number of aliphatic carboxylic acids is 1. The lowest BCUT2D eigenvalue weighted by molar-refractivity contribution is -0.133. The quantitative estimate of drug-likeness (QED) is 0.811. The molecule has 1 aromatic rings. The molecule has 0 saturated heterocycles. The molecule has 0 bridgehead atoms. The summed E-state index contributed by atoms with van der Waals surface area (Å²) < 4.78 is 35.9. The molecule has 0 aliphatic carbocycles. The minimum Gasteiger partial charge on any atom is -0.478 e. The average Bonchev–Trinajstić information content (AvgIpc) is 2.35. The second-order valence-corrected chi connectivity index (χ2v) is 3.76. The largest absolute Gasteiger partial charge is 0.478 e. The van der Waals surface area contributed by atoms with Crippen molar-refractivity contribution in [3.63, 3.8) is 0 Å². The van der Waals surface area contributed by atoms with E-state index in [1.54, 1.807) is 0 Å². The maximum absolute atomic E-state index is 12.0. The lowest BCUT2D eigenvalue weighted by atomic mass is 10.1. The number of aromatic nitrogens is 1. The van der Waals surface area contributed by atoms with Crippen molar-refractivity contribution >= 4 is 18.0 Å². The van der Waals surface area contributed by atoms with Gasteiger partial charge in [0.05, 0.1) is 6.42 Å². The summed E-state index contributed by atoms with van der Waals surface area (Å²) in [4.78, 5) is 25.8. The molecule has 0 fully saturated rings. The zero-order valence-corrected chi connectivity index (χ0v) is 10.1. The number of carboxylic acids is 1. The minimum atomic E-state index is -4.35. The van der Waals surface area contributed by atoms with Crippen molar-refractivity contribution in [3.05, 3.63) is 35.7 Å². The van der Waals surface area contributed by atoms with E-state index in [0.717, 1.165) is 12.2 Å². The predicted octanol–water partition coefficient (Wildman–Crippen LogP) is 1.86. The first-order valence-electron chi connectivity index (χ1n) is 5.49. The Bertz CT molecular complexity index is 527. The monoisotopic (exact) mass is 288 g/mol. The van der Waals surface area contributed by atoms with Crippen molar-refractivity contribution in [3.8, 4) is 0 Å². The number of alkyl halides is 3.